The summed E-state index contributed by atoms with van der Waals surface area (Å²) in [5.74, 6) is -0.247. The van der Waals surface area contributed by atoms with E-state index < -0.39 is 0 Å². The van der Waals surface area contributed by atoms with Crippen molar-refractivity contribution in [2.45, 2.75) is 27.2 Å². The molecule has 19 heavy (non-hydrogen) atoms. The molecule has 0 aliphatic rings. The maximum absolute atomic E-state index is 13.2. The minimum atomic E-state index is -0.290. The van der Waals surface area contributed by atoms with Crippen molar-refractivity contribution in [1.29, 1.82) is 0 Å². The van der Waals surface area contributed by atoms with Gasteiger partial charge in [-0.3, -0.25) is 4.79 Å². The van der Waals surface area contributed by atoms with Gasteiger partial charge in [0.05, 0.1) is 0 Å². The second-order valence-electron chi connectivity index (χ2n) is 5.00. The lowest BCUT2D eigenvalue weighted by Gasteiger charge is -2.09. The molecule has 0 aliphatic carbocycles. The third kappa shape index (κ3) is 3.08. The molecule has 0 N–H and O–H groups in total. The van der Waals surface area contributed by atoms with Crippen LogP contribution in [0.25, 0.3) is 0 Å². The van der Waals surface area contributed by atoms with E-state index in [-0.39, 0.29) is 11.6 Å². The van der Waals surface area contributed by atoms with Crippen molar-refractivity contribution in [3.05, 3.63) is 70.0 Å². The van der Waals surface area contributed by atoms with Crippen LogP contribution < -0.4 is 0 Å². The Balaban J connectivity index is 2.31. The van der Waals surface area contributed by atoms with Crippen molar-refractivity contribution in [3.8, 4) is 0 Å². The second kappa shape index (κ2) is 5.35. The first-order valence-electron chi connectivity index (χ1n) is 6.33. The first-order valence-corrected chi connectivity index (χ1v) is 6.33. The minimum Gasteiger partial charge on any atom is -0.294 e. The number of aryl methyl sites for hydroxylation is 3. The van der Waals surface area contributed by atoms with E-state index in [1.165, 1.54) is 12.1 Å². The fourth-order valence-corrected chi connectivity index (χ4v) is 2.45. The Bertz CT molecular complexity index is 606. The number of ketones is 1. The standard InChI is InChI=1S/C17H17FO/c1-11-5-4-6-14(7-11)10-16(19)17-12(2)8-15(18)9-13(17)3/h4-9H,10H2,1-3H3. The minimum absolute atomic E-state index is 0.0422. The van der Waals surface area contributed by atoms with E-state index in [0.717, 1.165) is 11.1 Å². The normalized spacial score (nSPS) is 10.5. The fourth-order valence-electron chi connectivity index (χ4n) is 2.45. The molecule has 0 saturated heterocycles. The zero-order valence-corrected chi connectivity index (χ0v) is 11.5. The number of hydrogen-bond donors (Lipinski definition) is 0. The molecule has 98 valence electrons. The lowest BCUT2D eigenvalue weighted by molar-refractivity contribution is 0.0992. The molecule has 0 heterocycles. The van der Waals surface area contributed by atoms with Crippen LogP contribution in [0.2, 0.25) is 0 Å². The van der Waals surface area contributed by atoms with E-state index in [0.29, 0.717) is 23.1 Å². The Morgan fingerprint density at radius 2 is 1.68 bits per heavy atom. The summed E-state index contributed by atoms with van der Waals surface area (Å²) in [5, 5.41) is 0. The van der Waals surface area contributed by atoms with Crippen molar-refractivity contribution >= 4 is 5.78 Å². The van der Waals surface area contributed by atoms with Crippen LogP contribution in [-0.2, 0) is 6.42 Å². The maximum atomic E-state index is 13.2. The Labute approximate surface area is 113 Å². The number of rotatable bonds is 3. The first-order chi connectivity index (χ1) is 8.97. The van der Waals surface area contributed by atoms with Gasteiger partial charge in [-0.2, -0.15) is 0 Å². The smallest absolute Gasteiger partial charge is 0.167 e. The van der Waals surface area contributed by atoms with Crippen molar-refractivity contribution in [2.24, 2.45) is 0 Å². The van der Waals surface area contributed by atoms with Crippen LogP contribution in [0.15, 0.2) is 36.4 Å². The van der Waals surface area contributed by atoms with Gasteiger partial charge in [0, 0.05) is 12.0 Å². The molecule has 0 unspecified atom stereocenters. The molecular weight excluding hydrogens is 239 g/mol. The Morgan fingerprint density at radius 1 is 1.05 bits per heavy atom. The van der Waals surface area contributed by atoms with Crippen LogP contribution in [-0.4, -0.2) is 5.78 Å². The first kappa shape index (κ1) is 13.5. The van der Waals surface area contributed by atoms with Gasteiger partial charge in [0.2, 0.25) is 0 Å². The summed E-state index contributed by atoms with van der Waals surface area (Å²) in [6, 6.07) is 10.7. The van der Waals surface area contributed by atoms with E-state index >= 15 is 0 Å². The summed E-state index contributed by atoms with van der Waals surface area (Å²) >= 11 is 0. The third-order valence-corrected chi connectivity index (χ3v) is 3.22. The van der Waals surface area contributed by atoms with Gasteiger partial charge in [-0.05, 0) is 49.6 Å². The summed E-state index contributed by atoms with van der Waals surface area (Å²) in [6.07, 6.45) is 0.356. The SMILES string of the molecule is Cc1cccc(CC(=O)c2c(C)cc(F)cc2C)c1. The highest BCUT2D eigenvalue weighted by Crippen LogP contribution is 2.18. The summed E-state index contributed by atoms with van der Waals surface area (Å²) < 4.78 is 13.2. The molecule has 2 rings (SSSR count). The number of Topliss-reactive ketones (excluding diaryl/α,β-unsaturated/α-hetero) is 1. The lowest BCUT2D eigenvalue weighted by Crippen LogP contribution is -2.08. The van der Waals surface area contributed by atoms with Crippen molar-refractivity contribution < 1.29 is 9.18 Å². The van der Waals surface area contributed by atoms with Crippen LogP contribution in [0.5, 0.6) is 0 Å². The topological polar surface area (TPSA) is 17.1 Å². The average molecular weight is 256 g/mol. The predicted molar refractivity (Wildman–Crippen MR) is 75.1 cm³/mol. The van der Waals surface area contributed by atoms with Gasteiger partial charge in [0.1, 0.15) is 5.82 Å². The lowest BCUT2D eigenvalue weighted by atomic mass is 9.94. The largest absolute Gasteiger partial charge is 0.294 e. The van der Waals surface area contributed by atoms with Gasteiger partial charge in [-0.1, -0.05) is 29.8 Å². The Kier molecular flexibility index (Phi) is 3.79. The zero-order chi connectivity index (χ0) is 14.0. The van der Waals surface area contributed by atoms with Gasteiger partial charge in [-0.25, -0.2) is 4.39 Å². The van der Waals surface area contributed by atoms with Crippen molar-refractivity contribution in [2.75, 3.05) is 0 Å². The third-order valence-electron chi connectivity index (χ3n) is 3.22. The number of benzene rings is 2. The van der Waals surface area contributed by atoms with Crippen LogP contribution in [0, 0.1) is 26.6 Å². The number of hydrogen-bond acceptors (Lipinski definition) is 1. The molecule has 0 atom stereocenters. The number of carbonyl (C=O) groups is 1. The maximum Gasteiger partial charge on any atom is 0.167 e. The zero-order valence-electron chi connectivity index (χ0n) is 11.5. The molecule has 0 amide bonds. The molecule has 0 bridgehead atoms. The highest BCUT2D eigenvalue weighted by Gasteiger charge is 2.14. The molecule has 2 aromatic carbocycles. The monoisotopic (exact) mass is 256 g/mol. The predicted octanol–water partition coefficient (Wildman–Crippen LogP) is 4.18. The van der Waals surface area contributed by atoms with E-state index in [1.54, 1.807) is 13.8 Å². The van der Waals surface area contributed by atoms with Gasteiger partial charge in [0.25, 0.3) is 0 Å². The van der Waals surface area contributed by atoms with E-state index in [2.05, 4.69) is 0 Å². The highest BCUT2D eigenvalue weighted by atomic mass is 19.1. The summed E-state index contributed by atoms with van der Waals surface area (Å²) in [7, 11) is 0. The molecule has 0 aliphatic heterocycles. The molecule has 1 nitrogen and oxygen atoms in total. The van der Waals surface area contributed by atoms with E-state index in [4.69, 9.17) is 0 Å². The van der Waals surface area contributed by atoms with Crippen LogP contribution in [0.1, 0.15) is 32.6 Å². The van der Waals surface area contributed by atoms with E-state index in [9.17, 15) is 9.18 Å². The van der Waals surface area contributed by atoms with Gasteiger partial charge < -0.3 is 0 Å². The van der Waals surface area contributed by atoms with Gasteiger partial charge in [-0.15, -0.1) is 0 Å². The molecule has 0 saturated carbocycles. The molecule has 2 aromatic rings. The molecule has 0 radical (unpaired) electrons. The molecule has 0 aromatic heterocycles. The molecule has 0 spiro atoms. The van der Waals surface area contributed by atoms with Gasteiger partial charge in [0.15, 0.2) is 5.78 Å². The Hall–Kier alpha value is -1.96. The quantitative estimate of drug-likeness (QED) is 0.753. The van der Waals surface area contributed by atoms with Crippen molar-refractivity contribution in [3.63, 3.8) is 0 Å². The fraction of sp³-hybridized carbons (Fsp3) is 0.235. The van der Waals surface area contributed by atoms with E-state index in [1.807, 2.05) is 31.2 Å². The highest BCUT2D eigenvalue weighted by molar-refractivity contribution is 6.00. The average Bonchev–Trinajstić information content (AvgIpc) is 2.27. The molecular formula is C17H17FO. The molecule has 0 fully saturated rings. The van der Waals surface area contributed by atoms with Gasteiger partial charge >= 0.3 is 0 Å². The summed E-state index contributed by atoms with van der Waals surface area (Å²) in [5.41, 5.74) is 4.18. The van der Waals surface area contributed by atoms with Crippen LogP contribution in [0.4, 0.5) is 4.39 Å². The second-order valence-corrected chi connectivity index (χ2v) is 5.00. The number of halogens is 1. The summed E-state index contributed by atoms with van der Waals surface area (Å²) in [4.78, 5) is 12.4. The van der Waals surface area contributed by atoms with Crippen LogP contribution >= 0.6 is 0 Å². The Morgan fingerprint density at radius 3 is 2.26 bits per heavy atom. The van der Waals surface area contributed by atoms with Crippen LogP contribution in [0.3, 0.4) is 0 Å². The van der Waals surface area contributed by atoms with Crippen molar-refractivity contribution in [1.82, 2.24) is 0 Å². The summed E-state index contributed by atoms with van der Waals surface area (Å²) in [6.45, 7) is 5.56. The number of carbonyl (C=O) groups excluding carboxylic acids is 1. The molecule has 2 heteroatoms.